The summed E-state index contributed by atoms with van der Waals surface area (Å²) in [6, 6.07) is 8.85. The topological polar surface area (TPSA) is 32.3 Å². The molecule has 3 nitrogen and oxygen atoms in total. The van der Waals surface area contributed by atoms with Crippen LogP contribution in [0.5, 0.6) is 0 Å². The molecule has 1 aromatic carbocycles. The molecular formula is C24H36N2O. The van der Waals surface area contributed by atoms with E-state index in [2.05, 4.69) is 61.3 Å². The van der Waals surface area contributed by atoms with Crippen molar-refractivity contribution in [2.24, 2.45) is 5.92 Å². The van der Waals surface area contributed by atoms with Gasteiger partial charge in [0, 0.05) is 19.6 Å². The number of carbonyl (C=O) groups excluding carboxylic acids is 1. The highest BCUT2D eigenvalue weighted by molar-refractivity contribution is 5.82. The summed E-state index contributed by atoms with van der Waals surface area (Å²) in [6.07, 6.45) is 9.51. The molecule has 0 radical (unpaired) electrons. The number of allylic oxidation sites excluding steroid dienone is 1. The van der Waals surface area contributed by atoms with Gasteiger partial charge in [-0.1, -0.05) is 55.3 Å². The van der Waals surface area contributed by atoms with Gasteiger partial charge in [0.15, 0.2) is 0 Å². The second kappa shape index (κ2) is 9.54. The Balaban J connectivity index is 1.53. The standard InChI is InChI=1S/C24H36N2O/c1-18(2)23(25-17-20-7-5-4-6-8-20)24(27)26-15-13-22(14-16-26)21-11-9-19(3)10-12-21/h7,9-12,18,22-23,25H,4-6,8,13-17H2,1-3H3/t23-/m1/s1. The number of nitrogens with one attached hydrogen (secondary N) is 1. The molecule has 3 heteroatoms. The smallest absolute Gasteiger partial charge is 0.239 e. The number of benzene rings is 1. The number of rotatable bonds is 6. The molecule has 1 saturated heterocycles. The molecule has 3 rings (SSSR count). The molecule has 0 bridgehead atoms. The molecule has 148 valence electrons. The van der Waals surface area contributed by atoms with Crippen LogP contribution in [-0.2, 0) is 4.79 Å². The van der Waals surface area contributed by atoms with Crippen LogP contribution in [0, 0.1) is 12.8 Å². The van der Waals surface area contributed by atoms with E-state index in [-0.39, 0.29) is 6.04 Å². The van der Waals surface area contributed by atoms with E-state index in [1.807, 2.05) is 0 Å². The van der Waals surface area contributed by atoms with Gasteiger partial charge < -0.3 is 10.2 Å². The van der Waals surface area contributed by atoms with Crippen LogP contribution in [0.1, 0.15) is 69.4 Å². The summed E-state index contributed by atoms with van der Waals surface area (Å²) in [5, 5.41) is 3.58. The molecule has 1 heterocycles. The zero-order valence-corrected chi connectivity index (χ0v) is 17.3. The van der Waals surface area contributed by atoms with Crippen LogP contribution in [0.4, 0.5) is 0 Å². The predicted molar refractivity (Wildman–Crippen MR) is 113 cm³/mol. The van der Waals surface area contributed by atoms with Gasteiger partial charge in [-0.05, 0) is 62.8 Å². The summed E-state index contributed by atoms with van der Waals surface area (Å²) < 4.78 is 0. The number of aryl methyl sites for hydroxylation is 1. The maximum atomic E-state index is 13.1. The van der Waals surface area contributed by atoms with E-state index >= 15 is 0 Å². The third-order valence-corrected chi connectivity index (χ3v) is 6.22. The van der Waals surface area contributed by atoms with Gasteiger partial charge in [0.05, 0.1) is 6.04 Å². The van der Waals surface area contributed by atoms with Crippen molar-refractivity contribution in [2.45, 2.75) is 71.3 Å². The van der Waals surface area contributed by atoms with E-state index < -0.39 is 0 Å². The third kappa shape index (κ3) is 5.44. The lowest BCUT2D eigenvalue weighted by atomic mass is 9.88. The molecule has 1 atom stereocenters. The lowest BCUT2D eigenvalue weighted by Crippen LogP contribution is -2.51. The third-order valence-electron chi connectivity index (χ3n) is 6.22. The summed E-state index contributed by atoms with van der Waals surface area (Å²) >= 11 is 0. The van der Waals surface area contributed by atoms with Gasteiger partial charge in [-0.25, -0.2) is 0 Å². The van der Waals surface area contributed by atoms with Gasteiger partial charge in [0.1, 0.15) is 0 Å². The van der Waals surface area contributed by atoms with E-state index in [0.29, 0.717) is 17.7 Å². The number of hydrogen-bond donors (Lipinski definition) is 1. The van der Waals surface area contributed by atoms with Gasteiger partial charge in [0.2, 0.25) is 5.91 Å². The molecule has 1 aromatic rings. The normalized spacial score (nSPS) is 19.9. The second-order valence-corrected chi connectivity index (χ2v) is 8.72. The highest BCUT2D eigenvalue weighted by Crippen LogP contribution is 2.29. The molecular weight excluding hydrogens is 332 g/mol. The van der Waals surface area contributed by atoms with Crippen molar-refractivity contribution in [3.8, 4) is 0 Å². The van der Waals surface area contributed by atoms with Crippen LogP contribution in [0.15, 0.2) is 35.9 Å². The van der Waals surface area contributed by atoms with Crippen molar-refractivity contribution >= 4 is 5.91 Å². The fraction of sp³-hybridized carbons (Fsp3) is 0.625. The predicted octanol–water partition coefficient (Wildman–Crippen LogP) is 4.82. The molecule has 1 aliphatic heterocycles. The zero-order valence-electron chi connectivity index (χ0n) is 17.3. The van der Waals surface area contributed by atoms with Crippen molar-refractivity contribution in [1.29, 1.82) is 0 Å². The molecule has 1 N–H and O–H groups in total. The van der Waals surface area contributed by atoms with Crippen molar-refractivity contribution in [3.05, 3.63) is 47.0 Å². The molecule has 0 saturated carbocycles. The Morgan fingerprint density at radius 1 is 1.15 bits per heavy atom. The summed E-state index contributed by atoms with van der Waals surface area (Å²) in [5.74, 6) is 1.20. The van der Waals surface area contributed by atoms with Crippen LogP contribution >= 0.6 is 0 Å². The number of amides is 1. The van der Waals surface area contributed by atoms with E-state index in [0.717, 1.165) is 32.5 Å². The van der Waals surface area contributed by atoms with Crippen LogP contribution < -0.4 is 5.32 Å². The van der Waals surface area contributed by atoms with Crippen LogP contribution in [0.3, 0.4) is 0 Å². The van der Waals surface area contributed by atoms with Crippen LogP contribution in [0.25, 0.3) is 0 Å². The molecule has 1 fully saturated rings. The Labute approximate surface area is 165 Å². The zero-order chi connectivity index (χ0) is 19.2. The van der Waals surface area contributed by atoms with E-state index in [4.69, 9.17) is 0 Å². The minimum absolute atomic E-state index is 0.0660. The fourth-order valence-electron chi connectivity index (χ4n) is 4.38. The van der Waals surface area contributed by atoms with Crippen molar-refractivity contribution < 1.29 is 4.79 Å². The average molecular weight is 369 g/mol. The molecule has 27 heavy (non-hydrogen) atoms. The van der Waals surface area contributed by atoms with Crippen molar-refractivity contribution in [2.75, 3.05) is 19.6 Å². The number of nitrogens with zero attached hydrogens (tertiary/aromatic N) is 1. The SMILES string of the molecule is Cc1ccc(C2CCN(C(=O)[C@H](NCC3=CCCCC3)C(C)C)CC2)cc1. The molecule has 0 unspecified atom stereocenters. The number of hydrogen-bond acceptors (Lipinski definition) is 2. The maximum absolute atomic E-state index is 13.1. The highest BCUT2D eigenvalue weighted by atomic mass is 16.2. The van der Waals surface area contributed by atoms with Gasteiger partial charge in [-0.15, -0.1) is 0 Å². The van der Waals surface area contributed by atoms with E-state index in [1.54, 1.807) is 0 Å². The Morgan fingerprint density at radius 3 is 2.44 bits per heavy atom. The first-order chi connectivity index (χ1) is 13.0. The van der Waals surface area contributed by atoms with Gasteiger partial charge in [0.25, 0.3) is 0 Å². The van der Waals surface area contributed by atoms with Gasteiger partial charge in [-0.2, -0.15) is 0 Å². The molecule has 0 spiro atoms. The number of likely N-dealkylation sites (tertiary alicyclic amines) is 1. The highest BCUT2D eigenvalue weighted by Gasteiger charge is 2.30. The van der Waals surface area contributed by atoms with Crippen LogP contribution in [0.2, 0.25) is 0 Å². The van der Waals surface area contributed by atoms with Crippen molar-refractivity contribution in [1.82, 2.24) is 10.2 Å². The minimum atomic E-state index is -0.0660. The van der Waals surface area contributed by atoms with E-state index in [9.17, 15) is 4.79 Å². The Kier molecular flexibility index (Phi) is 7.12. The molecule has 2 aliphatic rings. The molecule has 0 aromatic heterocycles. The maximum Gasteiger partial charge on any atom is 0.239 e. The fourth-order valence-corrected chi connectivity index (χ4v) is 4.38. The summed E-state index contributed by atoms with van der Waals surface area (Å²) in [7, 11) is 0. The first-order valence-corrected chi connectivity index (χ1v) is 10.8. The summed E-state index contributed by atoms with van der Waals surface area (Å²) in [4.78, 5) is 15.2. The summed E-state index contributed by atoms with van der Waals surface area (Å²) in [6.45, 7) is 9.07. The lowest BCUT2D eigenvalue weighted by molar-refractivity contribution is -0.135. The Morgan fingerprint density at radius 2 is 1.85 bits per heavy atom. The minimum Gasteiger partial charge on any atom is -0.341 e. The van der Waals surface area contributed by atoms with Crippen molar-refractivity contribution in [3.63, 3.8) is 0 Å². The average Bonchev–Trinajstić information content (AvgIpc) is 2.69. The monoisotopic (exact) mass is 368 g/mol. The Hall–Kier alpha value is -1.61. The quantitative estimate of drug-likeness (QED) is 0.731. The lowest BCUT2D eigenvalue weighted by Gasteiger charge is -2.36. The van der Waals surface area contributed by atoms with Crippen LogP contribution in [-0.4, -0.2) is 36.5 Å². The number of piperidine rings is 1. The molecule has 1 amide bonds. The Bertz CT molecular complexity index is 639. The first-order valence-electron chi connectivity index (χ1n) is 10.8. The van der Waals surface area contributed by atoms with Gasteiger partial charge >= 0.3 is 0 Å². The number of carbonyl (C=O) groups is 1. The van der Waals surface area contributed by atoms with E-state index in [1.165, 1.54) is 42.4 Å². The first kappa shape index (κ1) is 20.1. The largest absolute Gasteiger partial charge is 0.341 e. The molecule has 1 aliphatic carbocycles. The second-order valence-electron chi connectivity index (χ2n) is 8.72. The summed E-state index contributed by atoms with van der Waals surface area (Å²) in [5.41, 5.74) is 4.22. The van der Waals surface area contributed by atoms with Gasteiger partial charge in [-0.3, -0.25) is 4.79 Å².